The van der Waals surface area contributed by atoms with E-state index in [9.17, 15) is 4.79 Å². The number of hydrogen-bond donors (Lipinski definition) is 1. The lowest BCUT2D eigenvalue weighted by atomic mass is 10.2. The molecule has 0 bridgehead atoms. The third kappa shape index (κ3) is 4.41. The number of H-pyrrole nitrogens is 1. The van der Waals surface area contributed by atoms with Gasteiger partial charge in [0.05, 0.1) is 0 Å². The van der Waals surface area contributed by atoms with Gasteiger partial charge in [0.15, 0.2) is 0 Å². The molecule has 1 aromatic carbocycles. The summed E-state index contributed by atoms with van der Waals surface area (Å²) in [4.78, 5) is 12.7. The zero-order chi connectivity index (χ0) is 13.8. The first kappa shape index (κ1) is 14.6. The first-order valence-electron chi connectivity index (χ1n) is 5.68. The minimum Gasteiger partial charge on any atom is -0.462 e. The Hall–Kier alpha value is -1.48. The molecule has 0 saturated heterocycles. The highest BCUT2D eigenvalue weighted by Gasteiger charge is 2.07. The number of aromatic amines is 1. The van der Waals surface area contributed by atoms with Crippen LogP contribution in [0.15, 0.2) is 24.4 Å². The molecular formula is C14H18ClNO2. The fraction of sp³-hybridized carbons (Fsp3) is 0.357. The summed E-state index contributed by atoms with van der Waals surface area (Å²) in [6, 6.07) is 6.07. The van der Waals surface area contributed by atoms with Crippen LogP contribution < -0.4 is 0 Å². The van der Waals surface area contributed by atoms with Crippen molar-refractivity contribution in [2.24, 2.45) is 0 Å². The minimum atomic E-state index is -0.318. The van der Waals surface area contributed by atoms with Gasteiger partial charge in [-0.1, -0.05) is 11.6 Å². The molecule has 98 valence electrons. The fourth-order valence-electron chi connectivity index (χ4n) is 1.33. The molecule has 1 N–H and O–H groups in total. The van der Waals surface area contributed by atoms with Gasteiger partial charge in [-0.25, -0.2) is 0 Å². The van der Waals surface area contributed by atoms with Crippen LogP contribution in [0.5, 0.6) is 0 Å². The summed E-state index contributed by atoms with van der Waals surface area (Å²) in [5.41, 5.74) is 1.90. The maximum absolute atomic E-state index is 9.60. The largest absolute Gasteiger partial charge is 0.462 e. The number of carbonyl (C=O) groups excluding carboxylic acids is 1. The molecule has 0 atom stereocenters. The van der Waals surface area contributed by atoms with Gasteiger partial charge in [-0.05, 0) is 56.8 Å². The van der Waals surface area contributed by atoms with Crippen molar-refractivity contribution in [3.63, 3.8) is 0 Å². The lowest BCUT2D eigenvalue weighted by Gasteiger charge is -2.14. The van der Waals surface area contributed by atoms with Crippen LogP contribution in [0, 0.1) is 6.92 Å². The smallest absolute Gasteiger partial charge is 0.293 e. The third-order valence-corrected chi connectivity index (χ3v) is 2.64. The predicted molar refractivity (Wildman–Crippen MR) is 74.9 cm³/mol. The molecule has 1 aromatic heterocycles. The SMILES string of the molecule is CC(C)(C)OC=O.Cc1cc2cc[nH]c2cc1Cl. The summed E-state index contributed by atoms with van der Waals surface area (Å²) in [6.07, 6.45) is 1.92. The number of aromatic nitrogens is 1. The number of hydrogen-bond acceptors (Lipinski definition) is 2. The maximum atomic E-state index is 9.60. The minimum absolute atomic E-state index is 0.318. The second kappa shape index (κ2) is 5.91. The molecule has 0 spiro atoms. The standard InChI is InChI=1S/C9H8ClN.C5H10O2/c1-6-4-7-2-3-11-9(7)5-8(6)10;1-5(2,3)7-4-6/h2-5,11H,1H3;4H,1-3H3. The van der Waals surface area contributed by atoms with Gasteiger partial charge in [-0.2, -0.15) is 0 Å². The molecule has 0 fully saturated rings. The van der Waals surface area contributed by atoms with Gasteiger partial charge in [0.1, 0.15) is 5.60 Å². The average molecular weight is 268 g/mol. The number of carbonyl (C=O) groups is 1. The number of fused-ring (bicyclic) bond motifs is 1. The van der Waals surface area contributed by atoms with Crippen LogP contribution in [0.4, 0.5) is 0 Å². The van der Waals surface area contributed by atoms with E-state index in [-0.39, 0.29) is 5.60 Å². The van der Waals surface area contributed by atoms with Gasteiger partial charge in [0, 0.05) is 16.7 Å². The molecule has 0 unspecified atom stereocenters. The van der Waals surface area contributed by atoms with Crippen molar-refractivity contribution in [1.29, 1.82) is 0 Å². The van der Waals surface area contributed by atoms with E-state index in [2.05, 4.69) is 15.8 Å². The first-order chi connectivity index (χ1) is 8.33. The Morgan fingerprint density at radius 1 is 1.33 bits per heavy atom. The fourth-order valence-corrected chi connectivity index (χ4v) is 1.50. The zero-order valence-electron chi connectivity index (χ0n) is 11.1. The predicted octanol–water partition coefficient (Wildman–Crippen LogP) is 4.09. The molecule has 2 rings (SSSR count). The molecule has 0 saturated carbocycles. The third-order valence-electron chi connectivity index (χ3n) is 2.23. The Bertz CT molecular complexity index is 490. The Labute approximate surface area is 112 Å². The van der Waals surface area contributed by atoms with E-state index in [4.69, 9.17) is 11.6 Å². The van der Waals surface area contributed by atoms with Crippen LogP contribution in [0.25, 0.3) is 10.9 Å². The quantitative estimate of drug-likeness (QED) is 0.791. The second-order valence-corrected chi connectivity index (χ2v) is 5.40. The molecule has 2 aromatic rings. The van der Waals surface area contributed by atoms with Crippen molar-refractivity contribution in [2.45, 2.75) is 33.3 Å². The monoisotopic (exact) mass is 267 g/mol. The van der Waals surface area contributed by atoms with Gasteiger partial charge in [0.2, 0.25) is 0 Å². The molecule has 0 amide bonds. The zero-order valence-corrected chi connectivity index (χ0v) is 11.8. The van der Waals surface area contributed by atoms with Crippen LogP contribution in [0.1, 0.15) is 26.3 Å². The van der Waals surface area contributed by atoms with E-state index in [1.54, 1.807) is 0 Å². The van der Waals surface area contributed by atoms with Crippen molar-refractivity contribution in [2.75, 3.05) is 0 Å². The van der Waals surface area contributed by atoms with Crippen LogP contribution >= 0.6 is 11.6 Å². The van der Waals surface area contributed by atoms with Gasteiger partial charge in [-0.15, -0.1) is 0 Å². The van der Waals surface area contributed by atoms with Crippen molar-refractivity contribution >= 4 is 29.0 Å². The number of halogens is 1. The Morgan fingerprint density at radius 3 is 2.50 bits per heavy atom. The van der Waals surface area contributed by atoms with E-state index in [0.717, 1.165) is 16.1 Å². The maximum Gasteiger partial charge on any atom is 0.293 e. The molecule has 0 radical (unpaired) electrons. The van der Waals surface area contributed by atoms with Crippen molar-refractivity contribution in [3.05, 3.63) is 35.0 Å². The van der Waals surface area contributed by atoms with Gasteiger partial charge >= 0.3 is 0 Å². The van der Waals surface area contributed by atoms with E-state index in [1.165, 1.54) is 5.39 Å². The molecule has 0 aliphatic rings. The van der Waals surface area contributed by atoms with Crippen molar-refractivity contribution < 1.29 is 9.53 Å². The van der Waals surface area contributed by atoms with Crippen LogP contribution in [0.3, 0.4) is 0 Å². The van der Waals surface area contributed by atoms with Crippen LogP contribution in [0.2, 0.25) is 5.02 Å². The molecule has 4 heteroatoms. The molecular weight excluding hydrogens is 250 g/mol. The molecule has 0 aliphatic heterocycles. The Kier molecular flexibility index (Phi) is 4.79. The Morgan fingerprint density at radius 2 is 2.00 bits per heavy atom. The second-order valence-electron chi connectivity index (χ2n) is 4.99. The summed E-state index contributed by atoms with van der Waals surface area (Å²) in [5, 5.41) is 2.03. The molecule has 3 nitrogen and oxygen atoms in total. The number of benzene rings is 1. The van der Waals surface area contributed by atoms with E-state index >= 15 is 0 Å². The lowest BCUT2D eigenvalue weighted by Crippen LogP contribution is -2.17. The summed E-state index contributed by atoms with van der Waals surface area (Å²) in [6.45, 7) is 7.93. The van der Waals surface area contributed by atoms with Crippen LogP contribution in [-0.4, -0.2) is 17.1 Å². The Balaban J connectivity index is 0.000000203. The number of ether oxygens (including phenoxy) is 1. The lowest BCUT2D eigenvalue weighted by molar-refractivity contribution is -0.138. The number of aryl methyl sites for hydroxylation is 1. The van der Waals surface area contributed by atoms with Gasteiger partial charge in [0.25, 0.3) is 6.47 Å². The first-order valence-corrected chi connectivity index (χ1v) is 6.06. The molecule has 1 heterocycles. The summed E-state index contributed by atoms with van der Waals surface area (Å²) >= 11 is 5.92. The van der Waals surface area contributed by atoms with E-state index in [1.807, 2.05) is 46.0 Å². The molecule has 0 aliphatic carbocycles. The van der Waals surface area contributed by atoms with E-state index < -0.39 is 0 Å². The normalized spacial score (nSPS) is 10.7. The highest BCUT2D eigenvalue weighted by Crippen LogP contribution is 2.21. The van der Waals surface area contributed by atoms with Crippen LogP contribution in [-0.2, 0) is 9.53 Å². The summed E-state index contributed by atoms with van der Waals surface area (Å²) in [5.74, 6) is 0. The van der Waals surface area contributed by atoms with Crippen molar-refractivity contribution in [3.8, 4) is 0 Å². The topological polar surface area (TPSA) is 42.1 Å². The number of rotatable bonds is 1. The average Bonchev–Trinajstić information content (AvgIpc) is 2.65. The van der Waals surface area contributed by atoms with Gasteiger partial charge in [-0.3, -0.25) is 4.79 Å². The van der Waals surface area contributed by atoms with Crippen molar-refractivity contribution in [1.82, 2.24) is 4.98 Å². The van der Waals surface area contributed by atoms with Gasteiger partial charge < -0.3 is 9.72 Å². The number of nitrogens with one attached hydrogen (secondary N) is 1. The summed E-state index contributed by atoms with van der Waals surface area (Å²) < 4.78 is 4.55. The highest BCUT2D eigenvalue weighted by molar-refractivity contribution is 6.32. The molecule has 18 heavy (non-hydrogen) atoms. The van der Waals surface area contributed by atoms with E-state index in [0.29, 0.717) is 6.47 Å². The highest BCUT2D eigenvalue weighted by atomic mass is 35.5. The summed E-state index contributed by atoms with van der Waals surface area (Å²) in [7, 11) is 0.